The molecular formula is C21H17ClN4O3S. The molecule has 0 amide bonds. The van der Waals surface area contributed by atoms with Crippen molar-refractivity contribution in [3.05, 3.63) is 91.6 Å². The first kappa shape index (κ1) is 19.9. The Hall–Kier alpha value is -3.36. The van der Waals surface area contributed by atoms with E-state index in [0.717, 1.165) is 4.88 Å². The Morgan fingerprint density at radius 1 is 1.23 bits per heavy atom. The first-order valence-corrected chi connectivity index (χ1v) is 10.2. The summed E-state index contributed by atoms with van der Waals surface area (Å²) in [6.45, 7) is 0.468. The Morgan fingerprint density at radius 2 is 2.07 bits per heavy atom. The number of carbonyl (C=O) groups is 1. The Labute approximate surface area is 180 Å². The van der Waals surface area contributed by atoms with Gasteiger partial charge >= 0.3 is 0 Å². The lowest BCUT2D eigenvalue weighted by molar-refractivity contribution is 0.103. The number of ether oxygens (including phenoxy) is 1. The number of H-pyrrole nitrogens is 1. The molecule has 4 rings (SSSR count). The number of hydrogen-bond acceptors (Lipinski definition) is 6. The van der Waals surface area contributed by atoms with E-state index < -0.39 is 0 Å². The molecule has 0 saturated heterocycles. The lowest BCUT2D eigenvalue weighted by Crippen LogP contribution is -2.17. The molecule has 2 N–H and O–H groups in total. The highest BCUT2D eigenvalue weighted by molar-refractivity contribution is 7.16. The molecule has 0 spiro atoms. The van der Waals surface area contributed by atoms with Crippen molar-refractivity contribution in [1.82, 2.24) is 14.8 Å². The summed E-state index contributed by atoms with van der Waals surface area (Å²) in [6, 6.07) is 15.6. The number of halogens is 1. The number of thiophene rings is 1. The second kappa shape index (κ2) is 8.56. The maximum Gasteiger partial charge on any atom is 0.273 e. The third kappa shape index (κ3) is 4.00. The molecule has 152 valence electrons. The van der Waals surface area contributed by atoms with E-state index in [1.54, 1.807) is 42.5 Å². The molecule has 0 bridgehead atoms. The van der Waals surface area contributed by atoms with Gasteiger partial charge in [0.2, 0.25) is 5.78 Å². The van der Waals surface area contributed by atoms with Gasteiger partial charge in [-0.1, -0.05) is 23.7 Å². The van der Waals surface area contributed by atoms with Crippen LogP contribution in [0.4, 0.5) is 5.82 Å². The maximum atomic E-state index is 13.1. The molecule has 3 heterocycles. The molecule has 0 radical (unpaired) electrons. The maximum absolute atomic E-state index is 13.1. The molecule has 0 saturated carbocycles. The largest absolute Gasteiger partial charge is 0.496 e. The van der Waals surface area contributed by atoms with Crippen LogP contribution >= 0.6 is 22.9 Å². The molecule has 0 atom stereocenters. The van der Waals surface area contributed by atoms with Gasteiger partial charge in [0.05, 0.1) is 23.6 Å². The highest BCUT2D eigenvalue weighted by Gasteiger charge is 2.21. The average molecular weight is 441 g/mol. The molecule has 0 fully saturated rings. The molecule has 0 aliphatic carbocycles. The number of nitrogens with one attached hydrogen (secondary N) is 2. The number of anilines is 1. The number of aromatic amines is 1. The number of aromatic nitrogens is 3. The van der Waals surface area contributed by atoms with Crippen LogP contribution in [0.1, 0.15) is 20.9 Å². The van der Waals surface area contributed by atoms with E-state index >= 15 is 0 Å². The molecule has 0 unspecified atom stereocenters. The number of rotatable bonds is 7. The number of hydrogen-bond donors (Lipinski definition) is 2. The van der Waals surface area contributed by atoms with Crippen molar-refractivity contribution in [1.29, 1.82) is 0 Å². The van der Waals surface area contributed by atoms with Crippen LogP contribution in [0, 0.1) is 0 Å². The van der Waals surface area contributed by atoms with Crippen LogP contribution in [0.15, 0.2) is 65.6 Å². The van der Waals surface area contributed by atoms with Crippen LogP contribution < -0.4 is 15.6 Å². The van der Waals surface area contributed by atoms with Crippen LogP contribution in [0.3, 0.4) is 0 Å². The molecular weight excluding hydrogens is 424 g/mol. The third-order valence-electron chi connectivity index (χ3n) is 4.39. The van der Waals surface area contributed by atoms with E-state index in [1.165, 1.54) is 29.3 Å². The van der Waals surface area contributed by atoms with Crippen molar-refractivity contribution in [3.8, 4) is 11.4 Å². The fourth-order valence-corrected chi connectivity index (χ4v) is 4.00. The van der Waals surface area contributed by atoms with E-state index in [4.69, 9.17) is 16.3 Å². The van der Waals surface area contributed by atoms with Gasteiger partial charge in [-0.2, -0.15) is 5.10 Å². The Balaban J connectivity index is 1.74. The molecule has 1 aromatic carbocycles. The minimum Gasteiger partial charge on any atom is -0.496 e. The fraction of sp³-hybridized carbons (Fsp3) is 0.0952. The normalized spacial score (nSPS) is 10.7. The van der Waals surface area contributed by atoms with E-state index in [-0.39, 0.29) is 17.0 Å². The number of pyridine rings is 1. The van der Waals surface area contributed by atoms with Gasteiger partial charge in [-0.15, -0.1) is 11.3 Å². The molecule has 9 heteroatoms. The summed E-state index contributed by atoms with van der Waals surface area (Å²) in [7, 11) is 1.51. The van der Waals surface area contributed by atoms with Crippen molar-refractivity contribution in [2.75, 3.05) is 12.4 Å². The molecule has 4 aromatic rings. The van der Waals surface area contributed by atoms with Gasteiger partial charge in [0.25, 0.3) is 5.56 Å². The van der Waals surface area contributed by atoms with E-state index in [1.807, 2.05) is 12.1 Å². The van der Waals surface area contributed by atoms with E-state index in [2.05, 4.69) is 15.4 Å². The van der Waals surface area contributed by atoms with Crippen LogP contribution in [0.2, 0.25) is 4.34 Å². The summed E-state index contributed by atoms with van der Waals surface area (Å²) in [5, 5.41) is 7.66. The van der Waals surface area contributed by atoms with Crippen molar-refractivity contribution in [3.63, 3.8) is 0 Å². The Bertz CT molecular complexity index is 1260. The predicted octanol–water partition coefficient (Wildman–Crippen LogP) is 4.13. The van der Waals surface area contributed by atoms with Crippen LogP contribution in [0.25, 0.3) is 5.69 Å². The summed E-state index contributed by atoms with van der Waals surface area (Å²) < 4.78 is 7.41. The van der Waals surface area contributed by atoms with Gasteiger partial charge in [-0.25, -0.2) is 4.68 Å². The lowest BCUT2D eigenvalue weighted by Gasteiger charge is -2.08. The molecule has 7 nitrogen and oxygen atoms in total. The highest BCUT2D eigenvalue weighted by atomic mass is 35.5. The minimum absolute atomic E-state index is 0.189. The molecule has 3 aromatic heterocycles. The van der Waals surface area contributed by atoms with Gasteiger partial charge in [-0.3, -0.25) is 9.59 Å². The van der Waals surface area contributed by atoms with Crippen molar-refractivity contribution in [2.45, 2.75) is 6.54 Å². The predicted molar refractivity (Wildman–Crippen MR) is 117 cm³/mol. The number of ketones is 1. The summed E-state index contributed by atoms with van der Waals surface area (Å²) in [4.78, 5) is 29.1. The van der Waals surface area contributed by atoms with Crippen LogP contribution in [-0.2, 0) is 6.54 Å². The smallest absolute Gasteiger partial charge is 0.273 e. The van der Waals surface area contributed by atoms with Gasteiger partial charge in [-0.05, 0) is 36.4 Å². The first-order chi connectivity index (χ1) is 14.6. The van der Waals surface area contributed by atoms with Crippen molar-refractivity contribution >= 4 is 34.5 Å². The van der Waals surface area contributed by atoms with E-state index in [0.29, 0.717) is 33.7 Å². The lowest BCUT2D eigenvalue weighted by atomic mass is 10.1. The standard InChI is InChI=1S/C21H17ClN4O3S/c1-29-17-7-3-2-5-14(17)20(27)15-11-19(24-12-13-8-9-18(22)30-13)26(25-15)16-6-4-10-23-21(16)28/h2-11,24H,12H2,1H3,(H,23,28). The van der Waals surface area contributed by atoms with Gasteiger partial charge in [0.15, 0.2) is 0 Å². The monoisotopic (exact) mass is 440 g/mol. The van der Waals surface area contributed by atoms with Crippen LogP contribution in [-0.4, -0.2) is 27.7 Å². The van der Waals surface area contributed by atoms with Crippen molar-refractivity contribution < 1.29 is 9.53 Å². The van der Waals surface area contributed by atoms with Gasteiger partial charge < -0.3 is 15.0 Å². The summed E-state index contributed by atoms with van der Waals surface area (Å²) in [5.74, 6) is 0.660. The molecule has 0 aliphatic rings. The zero-order valence-electron chi connectivity index (χ0n) is 15.9. The highest BCUT2D eigenvalue weighted by Crippen LogP contribution is 2.25. The Morgan fingerprint density at radius 3 is 2.80 bits per heavy atom. The van der Waals surface area contributed by atoms with Crippen LogP contribution in [0.5, 0.6) is 5.75 Å². The topological polar surface area (TPSA) is 89.0 Å². The first-order valence-electron chi connectivity index (χ1n) is 9.01. The zero-order chi connectivity index (χ0) is 21.1. The van der Waals surface area contributed by atoms with E-state index in [9.17, 15) is 9.59 Å². The quantitative estimate of drug-likeness (QED) is 0.422. The second-order valence-electron chi connectivity index (χ2n) is 6.30. The number of nitrogens with zero attached hydrogens (tertiary/aromatic N) is 2. The zero-order valence-corrected chi connectivity index (χ0v) is 17.5. The average Bonchev–Trinajstić information content (AvgIpc) is 3.38. The molecule has 30 heavy (non-hydrogen) atoms. The van der Waals surface area contributed by atoms with Crippen molar-refractivity contribution in [2.24, 2.45) is 0 Å². The second-order valence-corrected chi connectivity index (χ2v) is 8.10. The number of para-hydroxylation sites is 1. The molecule has 0 aliphatic heterocycles. The number of benzene rings is 1. The fourth-order valence-electron chi connectivity index (χ4n) is 2.98. The van der Waals surface area contributed by atoms with Gasteiger partial charge in [0.1, 0.15) is 22.9 Å². The number of carbonyl (C=O) groups excluding carboxylic acids is 1. The third-order valence-corrected chi connectivity index (χ3v) is 5.62. The number of methoxy groups -OCH3 is 1. The Kier molecular flexibility index (Phi) is 5.69. The summed E-state index contributed by atoms with van der Waals surface area (Å²) in [6.07, 6.45) is 1.54. The van der Waals surface area contributed by atoms with Gasteiger partial charge in [0, 0.05) is 17.1 Å². The minimum atomic E-state index is -0.320. The summed E-state index contributed by atoms with van der Waals surface area (Å²) in [5.41, 5.74) is 0.556. The summed E-state index contributed by atoms with van der Waals surface area (Å²) >= 11 is 7.45. The SMILES string of the molecule is COc1ccccc1C(=O)c1cc(NCc2ccc(Cl)s2)n(-c2ccc[nH]c2=O)n1.